The quantitative estimate of drug-likeness (QED) is 0.230. The SMILES string of the molecule is CN=C(NCCCN1CC(C)CC(C)C1)N1CCC(COCCOC)C1.I. The highest BCUT2D eigenvalue weighted by molar-refractivity contribution is 14.0. The predicted octanol–water partition coefficient (Wildman–Crippen LogP) is 2.53. The number of halogens is 1. The Morgan fingerprint density at radius 1 is 1.15 bits per heavy atom. The van der Waals surface area contributed by atoms with Gasteiger partial charge in [-0.2, -0.15) is 0 Å². The number of ether oxygens (including phenoxy) is 2. The zero-order chi connectivity index (χ0) is 18.8. The molecule has 0 radical (unpaired) electrons. The van der Waals surface area contributed by atoms with E-state index in [1.54, 1.807) is 7.11 Å². The predicted molar refractivity (Wildman–Crippen MR) is 123 cm³/mol. The fourth-order valence-electron chi connectivity index (χ4n) is 4.36. The number of methoxy groups -OCH3 is 1. The Bertz CT molecular complexity index is 415. The summed E-state index contributed by atoms with van der Waals surface area (Å²) in [5, 5.41) is 3.56. The molecule has 160 valence electrons. The molecule has 0 aliphatic carbocycles. The number of likely N-dealkylation sites (tertiary alicyclic amines) is 2. The first-order valence-electron chi connectivity index (χ1n) is 10.4. The van der Waals surface area contributed by atoms with Gasteiger partial charge in [-0.25, -0.2) is 0 Å². The van der Waals surface area contributed by atoms with Crippen molar-refractivity contribution in [3.05, 3.63) is 0 Å². The molecule has 2 aliphatic rings. The summed E-state index contributed by atoms with van der Waals surface area (Å²) in [5.74, 6) is 3.32. The average Bonchev–Trinajstić information content (AvgIpc) is 3.07. The van der Waals surface area contributed by atoms with Crippen LogP contribution < -0.4 is 5.32 Å². The van der Waals surface area contributed by atoms with Crippen LogP contribution in [0.1, 0.15) is 33.1 Å². The van der Waals surface area contributed by atoms with Gasteiger partial charge in [-0.3, -0.25) is 4.99 Å². The largest absolute Gasteiger partial charge is 0.382 e. The fourth-order valence-corrected chi connectivity index (χ4v) is 4.36. The lowest BCUT2D eigenvalue weighted by Gasteiger charge is -2.35. The van der Waals surface area contributed by atoms with Crippen LogP contribution in [0.2, 0.25) is 0 Å². The van der Waals surface area contributed by atoms with Gasteiger partial charge in [-0.1, -0.05) is 13.8 Å². The highest BCUT2D eigenvalue weighted by atomic mass is 127. The zero-order valence-corrected chi connectivity index (χ0v) is 20.1. The van der Waals surface area contributed by atoms with Crippen LogP contribution in [0.25, 0.3) is 0 Å². The molecule has 0 aromatic heterocycles. The molecule has 2 fully saturated rings. The van der Waals surface area contributed by atoms with Gasteiger partial charge in [-0.15, -0.1) is 24.0 Å². The molecule has 2 aliphatic heterocycles. The summed E-state index contributed by atoms with van der Waals surface area (Å²) >= 11 is 0. The minimum Gasteiger partial charge on any atom is -0.382 e. The maximum atomic E-state index is 5.69. The first-order chi connectivity index (χ1) is 12.6. The molecule has 2 heterocycles. The van der Waals surface area contributed by atoms with Crippen LogP contribution in [0.5, 0.6) is 0 Å². The van der Waals surface area contributed by atoms with Crippen LogP contribution in [0.4, 0.5) is 0 Å². The van der Waals surface area contributed by atoms with Crippen LogP contribution in [-0.4, -0.2) is 89.0 Å². The second-order valence-electron chi connectivity index (χ2n) is 8.20. The van der Waals surface area contributed by atoms with Crippen molar-refractivity contribution in [2.75, 3.05) is 73.2 Å². The molecular formula is C20H41IN4O2. The maximum Gasteiger partial charge on any atom is 0.193 e. The van der Waals surface area contributed by atoms with Gasteiger partial charge in [0.05, 0.1) is 19.8 Å². The van der Waals surface area contributed by atoms with Crippen LogP contribution in [0, 0.1) is 17.8 Å². The molecule has 2 rings (SSSR count). The van der Waals surface area contributed by atoms with Crippen molar-refractivity contribution in [3.63, 3.8) is 0 Å². The molecule has 7 heteroatoms. The van der Waals surface area contributed by atoms with Crippen molar-refractivity contribution in [3.8, 4) is 0 Å². The van der Waals surface area contributed by atoms with Gasteiger partial charge in [-0.05, 0) is 37.6 Å². The molecular weight excluding hydrogens is 455 g/mol. The highest BCUT2D eigenvalue weighted by Gasteiger charge is 2.25. The number of hydrogen-bond donors (Lipinski definition) is 1. The molecule has 2 saturated heterocycles. The number of hydrogen-bond acceptors (Lipinski definition) is 4. The van der Waals surface area contributed by atoms with E-state index in [-0.39, 0.29) is 24.0 Å². The Morgan fingerprint density at radius 3 is 2.56 bits per heavy atom. The van der Waals surface area contributed by atoms with Gasteiger partial charge in [0.25, 0.3) is 0 Å². The van der Waals surface area contributed by atoms with E-state index in [0.29, 0.717) is 19.1 Å². The number of nitrogens with one attached hydrogen (secondary N) is 1. The number of nitrogens with zero attached hydrogens (tertiary/aromatic N) is 3. The van der Waals surface area contributed by atoms with Crippen LogP contribution in [0.3, 0.4) is 0 Å². The van der Waals surface area contributed by atoms with Crippen molar-refractivity contribution >= 4 is 29.9 Å². The molecule has 3 atom stereocenters. The third-order valence-corrected chi connectivity index (χ3v) is 5.46. The lowest BCUT2D eigenvalue weighted by molar-refractivity contribution is 0.0536. The number of aliphatic imine (C=N–C) groups is 1. The van der Waals surface area contributed by atoms with E-state index in [1.807, 2.05) is 7.05 Å². The topological polar surface area (TPSA) is 49.3 Å². The van der Waals surface area contributed by atoms with E-state index >= 15 is 0 Å². The smallest absolute Gasteiger partial charge is 0.193 e. The fraction of sp³-hybridized carbons (Fsp3) is 0.950. The van der Waals surface area contributed by atoms with E-state index in [9.17, 15) is 0 Å². The molecule has 3 unspecified atom stereocenters. The first kappa shape index (κ1) is 24.9. The molecule has 0 aromatic rings. The van der Waals surface area contributed by atoms with Gasteiger partial charge < -0.3 is 24.6 Å². The normalized spacial score (nSPS) is 26.9. The summed E-state index contributed by atoms with van der Waals surface area (Å²) in [4.78, 5) is 9.48. The zero-order valence-electron chi connectivity index (χ0n) is 17.8. The Morgan fingerprint density at radius 2 is 1.89 bits per heavy atom. The van der Waals surface area contributed by atoms with Crippen molar-refractivity contribution in [1.29, 1.82) is 0 Å². The summed E-state index contributed by atoms with van der Waals surface area (Å²) in [6.45, 7) is 13.8. The highest BCUT2D eigenvalue weighted by Crippen LogP contribution is 2.21. The third-order valence-electron chi connectivity index (χ3n) is 5.46. The van der Waals surface area contributed by atoms with E-state index in [0.717, 1.165) is 44.0 Å². The summed E-state index contributed by atoms with van der Waals surface area (Å²) < 4.78 is 10.7. The molecule has 27 heavy (non-hydrogen) atoms. The van der Waals surface area contributed by atoms with Crippen molar-refractivity contribution in [1.82, 2.24) is 15.1 Å². The van der Waals surface area contributed by atoms with E-state index in [2.05, 4.69) is 34.0 Å². The summed E-state index contributed by atoms with van der Waals surface area (Å²) in [5.41, 5.74) is 0. The van der Waals surface area contributed by atoms with Crippen molar-refractivity contribution < 1.29 is 9.47 Å². The van der Waals surface area contributed by atoms with E-state index in [4.69, 9.17) is 9.47 Å². The lowest BCUT2D eigenvalue weighted by Crippen LogP contribution is -2.42. The number of rotatable bonds is 9. The number of piperidine rings is 1. The minimum atomic E-state index is 0. The van der Waals surface area contributed by atoms with Crippen molar-refractivity contribution in [2.24, 2.45) is 22.7 Å². The molecule has 1 N–H and O–H groups in total. The van der Waals surface area contributed by atoms with Crippen molar-refractivity contribution in [2.45, 2.75) is 33.1 Å². The average molecular weight is 496 g/mol. The second-order valence-corrected chi connectivity index (χ2v) is 8.20. The second kappa shape index (κ2) is 14.0. The summed E-state index contributed by atoms with van der Waals surface area (Å²) in [7, 11) is 3.60. The molecule has 0 spiro atoms. The molecule has 0 amide bonds. The van der Waals surface area contributed by atoms with Gasteiger partial charge in [0, 0.05) is 52.8 Å². The summed E-state index contributed by atoms with van der Waals surface area (Å²) in [6.07, 6.45) is 3.74. The van der Waals surface area contributed by atoms with Crippen LogP contribution >= 0.6 is 24.0 Å². The molecule has 6 nitrogen and oxygen atoms in total. The van der Waals surface area contributed by atoms with Gasteiger partial charge >= 0.3 is 0 Å². The van der Waals surface area contributed by atoms with E-state index < -0.39 is 0 Å². The Kier molecular flexibility index (Phi) is 12.9. The Balaban J connectivity index is 0.00000364. The van der Waals surface area contributed by atoms with Gasteiger partial charge in [0.1, 0.15) is 0 Å². The van der Waals surface area contributed by atoms with Crippen LogP contribution in [0.15, 0.2) is 4.99 Å². The minimum absolute atomic E-state index is 0. The first-order valence-corrected chi connectivity index (χ1v) is 10.4. The Hall–Kier alpha value is -0.120. The standard InChI is InChI=1S/C20H40N4O2.HI/c1-17-12-18(2)14-23(13-17)8-5-7-22-20(21-3)24-9-6-19(15-24)16-26-11-10-25-4;/h17-19H,5-16H2,1-4H3,(H,21,22);1H. The lowest BCUT2D eigenvalue weighted by atomic mass is 9.92. The monoisotopic (exact) mass is 496 g/mol. The molecule has 0 bridgehead atoms. The molecule has 0 saturated carbocycles. The molecule has 0 aromatic carbocycles. The third kappa shape index (κ3) is 9.28. The van der Waals surface area contributed by atoms with E-state index in [1.165, 1.54) is 38.9 Å². The Labute approximate surface area is 183 Å². The van der Waals surface area contributed by atoms with Gasteiger partial charge in [0.2, 0.25) is 0 Å². The van der Waals surface area contributed by atoms with Gasteiger partial charge in [0.15, 0.2) is 5.96 Å². The maximum absolute atomic E-state index is 5.69. The van der Waals surface area contributed by atoms with Crippen LogP contribution in [-0.2, 0) is 9.47 Å². The number of guanidine groups is 1. The summed E-state index contributed by atoms with van der Waals surface area (Å²) in [6, 6.07) is 0.